The summed E-state index contributed by atoms with van der Waals surface area (Å²) in [6.07, 6.45) is 1.00. The maximum atomic E-state index is 5.92. The molecule has 80 valence electrons. The van der Waals surface area contributed by atoms with Crippen molar-refractivity contribution >= 4 is 38.9 Å². The second-order valence-electron chi connectivity index (χ2n) is 3.49. The van der Waals surface area contributed by atoms with Crippen LogP contribution in [0, 0.1) is 0 Å². The standard InChI is InChI=1S/C10H15BrClNS/c1-7(12)5-8(2)13-6-10-9(11)3-4-14-10/h3-4,7-8,13H,5-6H2,1-2H3. The summed E-state index contributed by atoms with van der Waals surface area (Å²) in [6, 6.07) is 2.55. The molecule has 1 rings (SSSR count). The van der Waals surface area contributed by atoms with Crippen LogP contribution in [0.3, 0.4) is 0 Å². The molecule has 0 amide bonds. The monoisotopic (exact) mass is 295 g/mol. The van der Waals surface area contributed by atoms with Gasteiger partial charge in [0.25, 0.3) is 0 Å². The molecule has 0 aromatic carbocycles. The van der Waals surface area contributed by atoms with Crippen molar-refractivity contribution in [3.63, 3.8) is 0 Å². The van der Waals surface area contributed by atoms with Crippen LogP contribution in [0.2, 0.25) is 0 Å². The van der Waals surface area contributed by atoms with E-state index < -0.39 is 0 Å². The minimum absolute atomic E-state index is 0.240. The summed E-state index contributed by atoms with van der Waals surface area (Å²) in [5.41, 5.74) is 0. The molecule has 0 saturated heterocycles. The number of thiophene rings is 1. The van der Waals surface area contributed by atoms with E-state index in [1.54, 1.807) is 11.3 Å². The van der Waals surface area contributed by atoms with Gasteiger partial charge < -0.3 is 5.32 Å². The Hall–Kier alpha value is 0.430. The van der Waals surface area contributed by atoms with E-state index in [0.29, 0.717) is 6.04 Å². The van der Waals surface area contributed by atoms with Gasteiger partial charge >= 0.3 is 0 Å². The molecular formula is C10H15BrClNS. The second kappa shape index (κ2) is 6.11. The van der Waals surface area contributed by atoms with Gasteiger partial charge in [0.2, 0.25) is 0 Å². The van der Waals surface area contributed by atoms with E-state index in [0.717, 1.165) is 13.0 Å². The van der Waals surface area contributed by atoms with Crippen LogP contribution in [-0.4, -0.2) is 11.4 Å². The Morgan fingerprint density at radius 3 is 2.79 bits per heavy atom. The van der Waals surface area contributed by atoms with Crippen LogP contribution in [-0.2, 0) is 6.54 Å². The highest BCUT2D eigenvalue weighted by molar-refractivity contribution is 9.10. The van der Waals surface area contributed by atoms with Crippen molar-refractivity contribution in [3.8, 4) is 0 Å². The van der Waals surface area contributed by atoms with E-state index in [9.17, 15) is 0 Å². The Morgan fingerprint density at radius 1 is 1.57 bits per heavy atom. The highest BCUT2D eigenvalue weighted by atomic mass is 79.9. The van der Waals surface area contributed by atoms with Gasteiger partial charge in [-0.3, -0.25) is 0 Å². The maximum absolute atomic E-state index is 5.92. The molecule has 0 spiro atoms. The number of rotatable bonds is 5. The molecule has 0 radical (unpaired) electrons. The van der Waals surface area contributed by atoms with Gasteiger partial charge in [0.1, 0.15) is 0 Å². The van der Waals surface area contributed by atoms with Gasteiger partial charge in [-0.2, -0.15) is 0 Å². The Labute approximate surface area is 103 Å². The molecule has 1 aromatic heterocycles. The summed E-state index contributed by atoms with van der Waals surface area (Å²) < 4.78 is 1.20. The summed E-state index contributed by atoms with van der Waals surface area (Å²) in [6.45, 7) is 5.12. The SMILES string of the molecule is CC(Cl)CC(C)NCc1sccc1Br. The smallest absolute Gasteiger partial charge is 0.0327 e. The van der Waals surface area contributed by atoms with E-state index in [4.69, 9.17) is 11.6 Å². The molecule has 0 aliphatic carbocycles. The second-order valence-corrected chi connectivity index (χ2v) is 6.09. The van der Waals surface area contributed by atoms with Crippen molar-refractivity contribution < 1.29 is 0 Å². The number of hydrogen-bond donors (Lipinski definition) is 1. The zero-order chi connectivity index (χ0) is 10.6. The lowest BCUT2D eigenvalue weighted by Crippen LogP contribution is -2.27. The normalized spacial score (nSPS) is 15.4. The van der Waals surface area contributed by atoms with Crippen molar-refractivity contribution in [2.75, 3.05) is 0 Å². The molecule has 14 heavy (non-hydrogen) atoms. The summed E-state index contributed by atoms with van der Waals surface area (Å²) in [4.78, 5) is 1.35. The molecule has 0 bridgehead atoms. The van der Waals surface area contributed by atoms with E-state index in [1.165, 1.54) is 9.35 Å². The van der Waals surface area contributed by atoms with Crippen molar-refractivity contribution in [2.45, 2.75) is 38.2 Å². The summed E-state index contributed by atoms with van der Waals surface area (Å²) in [5.74, 6) is 0. The molecule has 2 atom stereocenters. The molecule has 2 unspecified atom stereocenters. The van der Waals surface area contributed by atoms with E-state index >= 15 is 0 Å². The third-order valence-corrected chi connectivity index (χ3v) is 4.08. The van der Waals surface area contributed by atoms with Crippen LogP contribution in [0.15, 0.2) is 15.9 Å². The molecule has 0 saturated carbocycles. The minimum atomic E-state index is 0.240. The molecule has 1 aromatic rings. The lowest BCUT2D eigenvalue weighted by molar-refractivity contribution is 0.513. The number of alkyl halides is 1. The Bertz CT molecular complexity index is 275. The number of nitrogens with one attached hydrogen (secondary N) is 1. The topological polar surface area (TPSA) is 12.0 Å². The predicted molar refractivity (Wildman–Crippen MR) is 68.3 cm³/mol. The maximum Gasteiger partial charge on any atom is 0.0327 e. The summed E-state index contributed by atoms with van der Waals surface area (Å²) >= 11 is 11.2. The van der Waals surface area contributed by atoms with Crippen LogP contribution in [0.25, 0.3) is 0 Å². The molecule has 1 nitrogen and oxygen atoms in total. The zero-order valence-corrected chi connectivity index (χ0v) is 11.5. The third-order valence-electron chi connectivity index (χ3n) is 1.98. The van der Waals surface area contributed by atoms with Crippen LogP contribution in [0.5, 0.6) is 0 Å². The Morgan fingerprint density at radius 2 is 2.29 bits per heavy atom. The number of halogens is 2. The van der Waals surface area contributed by atoms with Crippen molar-refractivity contribution in [2.24, 2.45) is 0 Å². The molecule has 0 fully saturated rings. The van der Waals surface area contributed by atoms with Crippen molar-refractivity contribution in [1.29, 1.82) is 0 Å². The molecule has 0 aliphatic rings. The average Bonchev–Trinajstić information content (AvgIpc) is 2.46. The first-order chi connectivity index (χ1) is 6.59. The molecular weight excluding hydrogens is 282 g/mol. The van der Waals surface area contributed by atoms with Gasteiger partial charge in [-0.15, -0.1) is 22.9 Å². The fourth-order valence-corrected chi connectivity index (χ4v) is 3.00. The Balaban J connectivity index is 2.30. The fraction of sp³-hybridized carbons (Fsp3) is 0.600. The minimum Gasteiger partial charge on any atom is -0.309 e. The van der Waals surface area contributed by atoms with Crippen LogP contribution < -0.4 is 5.32 Å². The molecule has 1 heterocycles. The number of hydrogen-bond acceptors (Lipinski definition) is 2. The molecule has 0 aliphatic heterocycles. The van der Waals surface area contributed by atoms with Gasteiger partial charge in [0.15, 0.2) is 0 Å². The van der Waals surface area contributed by atoms with E-state index in [1.807, 2.05) is 6.92 Å². The fourth-order valence-electron chi connectivity index (χ4n) is 1.29. The predicted octanol–water partition coefficient (Wildman–Crippen LogP) is 4.01. The van der Waals surface area contributed by atoms with E-state index in [-0.39, 0.29) is 5.38 Å². The molecule has 1 N–H and O–H groups in total. The first-order valence-corrected chi connectivity index (χ1v) is 6.80. The lowest BCUT2D eigenvalue weighted by atomic mass is 10.2. The summed E-state index contributed by atoms with van der Waals surface area (Å²) in [5, 5.41) is 5.79. The highest BCUT2D eigenvalue weighted by Gasteiger charge is 2.07. The van der Waals surface area contributed by atoms with Gasteiger partial charge in [-0.1, -0.05) is 0 Å². The molecule has 4 heteroatoms. The first-order valence-electron chi connectivity index (χ1n) is 4.69. The Kier molecular flexibility index (Phi) is 5.45. The summed E-state index contributed by atoms with van der Waals surface area (Å²) in [7, 11) is 0. The van der Waals surface area contributed by atoms with Crippen LogP contribution in [0.1, 0.15) is 25.1 Å². The lowest BCUT2D eigenvalue weighted by Gasteiger charge is -2.14. The largest absolute Gasteiger partial charge is 0.309 e. The third kappa shape index (κ3) is 4.30. The van der Waals surface area contributed by atoms with Gasteiger partial charge in [-0.25, -0.2) is 0 Å². The van der Waals surface area contributed by atoms with Crippen LogP contribution >= 0.6 is 38.9 Å². The van der Waals surface area contributed by atoms with Gasteiger partial charge in [0, 0.05) is 27.3 Å². The van der Waals surface area contributed by atoms with Crippen molar-refractivity contribution in [3.05, 3.63) is 20.8 Å². The average molecular weight is 297 g/mol. The quantitative estimate of drug-likeness (QED) is 0.810. The van der Waals surface area contributed by atoms with Crippen molar-refractivity contribution in [1.82, 2.24) is 5.32 Å². The van der Waals surface area contributed by atoms with Gasteiger partial charge in [-0.05, 0) is 47.6 Å². The van der Waals surface area contributed by atoms with E-state index in [2.05, 4.69) is 39.6 Å². The zero-order valence-electron chi connectivity index (χ0n) is 8.39. The van der Waals surface area contributed by atoms with Crippen LogP contribution in [0.4, 0.5) is 0 Å². The highest BCUT2D eigenvalue weighted by Crippen LogP contribution is 2.22. The first kappa shape index (κ1) is 12.5. The van der Waals surface area contributed by atoms with Gasteiger partial charge in [0.05, 0.1) is 0 Å².